The Labute approximate surface area is 111 Å². The maximum Gasteiger partial charge on any atom is 0.339 e. The molecule has 0 bridgehead atoms. The quantitative estimate of drug-likeness (QED) is 0.657. The van der Waals surface area contributed by atoms with Crippen LogP contribution in [-0.4, -0.2) is 31.0 Å². The molecule has 100 valence electrons. The van der Waals surface area contributed by atoms with Gasteiger partial charge in [-0.15, -0.1) is 11.8 Å². The van der Waals surface area contributed by atoms with Gasteiger partial charge >= 0.3 is 5.97 Å². The highest BCUT2D eigenvalue weighted by molar-refractivity contribution is 7.98. The van der Waals surface area contributed by atoms with Crippen molar-refractivity contribution in [2.75, 3.05) is 20.0 Å². The fraction of sp³-hybridized carbons (Fsp3) is 0.462. The van der Waals surface area contributed by atoms with E-state index in [0.29, 0.717) is 11.3 Å². The van der Waals surface area contributed by atoms with E-state index in [0.717, 1.165) is 10.5 Å². The average molecular weight is 270 g/mol. The second kappa shape index (κ2) is 6.66. The Kier molecular flexibility index (Phi) is 5.50. The van der Waals surface area contributed by atoms with Crippen LogP contribution in [0.1, 0.15) is 24.2 Å². The average Bonchev–Trinajstić information content (AvgIpc) is 2.37. The highest BCUT2D eigenvalue weighted by Crippen LogP contribution is 2.33. The van der Waals surface area contributed by atoms with Crippen LogP contribution < -0.4 is 4.74 Å². The molecule has 0 amide bonds. The molecule has 0 aliphatic rings. The normalized spacial score (nSPS) is 12.1. The number of carbonyl (C=O) groups is 1. The lowest BCUT2D eigenvalue weighted by Crippen LogP contribution is -2.16. The number of esters is 1. The molecule has 0 aliphatic carbocycles. The van der Waals surface area contributed by atoms with Crippen LogP contribution >= 0.6 is 11.8 Å². The van der Waals surface area contributed by atoms with Crippen molar-refractivity contribution >= 4 is 17.7 Å². The van der Waals surface area contributed by atoms with E-state index in [1.807, 2.05) is 19.2 Å². The predicted octanol–water partition coefficient (Wildman–Crippen LogP) is 2.32. The number of aryl methyl sites for hydroxylation is 1. The summed E-state index contributed by atoms with van der Waals surface area (Å²) in [6.07, 6.45) is 0.626. The van der Waals surface area contributed by atoms with Crippen molar-refractivity contribution in [2.45, 2.75) is 24.8 Å². The van der Waals surface area contributed by atoms with Crippen LogP contribution in [0.15, 0.2) is 17.0 Å². The third kappa shape index (κ3) is 3.17. The Hall–Kier alpha value is -1.20. The summed E-state index contributed by atoms with van der Waals surface area (Å²) in [7, 11) is 1.51. The van der Waals surface area contributed by atoms with Crippen LogP contribution in [0.5, 0.6) is 5.75 Å². The van der Waals surface area contributed by atoms with Gasteiger partial charge in [-0.25, -0.2) is 4.79 Å². The first-order valence-electron chi connectivity index (χ1n) is 5.62. The number of ether oxygens (including phenoxy) is 2. The summed E-state index contributed by atoms with van der Waals surface area (Å²) in [5.74, 6) is -0.169. The molecule has 1 aromatic carbocycles. The number of hydrogen-bond donors (Lipinski definition) is 1. The zero-order chi connectivity index (χ0) is 13.7. The Morgan fingerprint density at radius 2 is 2.17 bits per heavy atom. The van der Waals surface area contributed by atoms with Gasteiger partial charge < -0.3 is 14.6 Å². The smallest absolute Gasteiger partial charge is 0.339 e. The van der Waals surface area contributed by atoms with Gasteiger partial charge in [0.2, 0.25) is 0 Å². The van der Waals surface area contributed by atoms with Crippen LogP contribution in [0.4, 0.5) is 0 Å². The molecule has 1 unspecified atom stereocenters. The lowest BCUT2D eigenvalue weighted by Gasteiger charge is -2.16. The molecule has 0 saturated carbocycles. The van der Waals surface area contributed by atoms with Crippen molar-refractivity contribution in [3.63, 3.8) is 0 Å². The molecule has 1 rings (SSSR count). The first-order chi connectivity index (χ1) is 8.54. The van der Waals surface area contributed by atoms with Gasteiger partial charge in [-0.1, -0.05) is 0 Å². The Balaban J connectivity index is 3.16. The van der Waals surface area contributed by atoms with Gasteiger partial charge in [0.05, 0.1) is 13.7 Å². The van der Waals surface area contributed by atoms with Gasteiger partial charge in [-0.2, -0.15) is 0 Å². The zero-order valence-corrected chi connectivity index (χ0v) is 11.8. The van der Waals surface area contributed by atoms with Crippen molar-refractivity contribution in [1.29, 1.82) is 0 Å². The molecule has 1 aromatic rings. The monoisotopic (exact) mass is 270 g/mol. The van der Waals surface area contributed by atoms with E-state index in [-0.39, 0.29) is 6.61 Å². The van der Waals surface area contributed by atoms with Crippen LogP contribution in [0.3, 0.4) is 0 Å². The minimum absolute atomic E-state index is 0.236. The number of aliphatic hydroxyl groups is 1. The number of carbonyl (C=O) groups excluding carboxylic acids is 1. The molecule has 0 spiro atoms. The van der Waals surface area contributed by atoms with E-state index >= 15 is 0 Å². The van der Waals surface area contributed by atoms with Crippen molar-refractivity contribution in [3.05, 3.63) is 23.3 Å². The second-order valence-electron chi connectivity index (χ2n) is 3.72. The molecule has 0 radical (unpaired) electrons. The van der Waals surface area contributed by atoms with Crippen LogP contribution in [0.25, 0.3) is 0 Å². The maximum atomic E-state index is 11.6. The lowest BCUT2D eigenvalue weighted by molar-refractivity contribution is -0.153. The number of rotatable bonds is 5. The Morgan fingerprint density at radius 3 is 2.67 bits per heavy atom. The van der Waals surface area contributed by atoms with Crippen LogP contribution in [0, 0.1) is 6.92 Å². The summed E-state index contributed by atoms with van der Waals surface area (Å²) in [4.78, 5) is 12.6. The Bertz CT molecular complexity index is 431. The first-order valence-corrected chi connectivity index (χ1v) is 6.84. The molecule has 4 nitrogen and oxygen atoms in total. The van der Waals surface area contributed by atoms with E-state index in [1.165, 1.54) is 7.11 Å². The van der Waals surface area contributed by atoms with Crippen molar-refractivity contribution < 1.29 is 19.4 Å². The largest absolute Gasteiger partial charge is 0.496 e. The lowest BCUT2D eigenvalue weighted by atomic mass is 10.1. The minimum Gasteiger partial charge on any atom is -0.496 e. The van der Waals surface area contributed by atoms with Gasteiger partial charge in [-0.05, 0) is 37.8 Å². The molecule has 0 saturated heterocycles. The van der Waals surface area contributed by atoms with Gasteiger partial charge in [0, 0.05) is 10.5 Å². The van der Waals surface area contributed by atoms with E-state index in [2.05, 4.69) is 0 Å². The molecule has 0 heterocycles. The fourth-order valence-corrected chi connectivity index (χ4v) is 2.26. The number of methoxy groups -OCH3 is 1. The third-order valence-corrected chi connectivity index (χ3v) is 3.43. The molecule has 0 aliphatic heterocycles. The number of thioether (sulfide) groups is 1. The molecule has 0 fully saturated rings. The van der Waals surface area contributed by atoms with Gasteiger partial charge in [0.1, 0.15) is 5.75 Å². The molecule has 5 heteroatoms. The summed E-state index contributed by atoms with van der Waals surface area (Å²) < 4.78 is 10.0. The number of aliphatic hydroxyl groups excluding tert-OH is 1. The van der Waals surface area contributed by atoms with E-state index in [9.17, 15) is 9.90 Å². The zero-order valence-electron chi connectivity index (χ0n) is 11.0. The van der Waals surface area contributed by atoms with Crippen LogP contribution in [-0.2, 0) is 9.53 Å². The molecular formula is C13H18O4S. The van der Waals surface area contributed by atoms with E-state index in [4.69, 9.17) is 9.47 Å². The standard InChI is InChI=1S/C13H18O4S/c1-5-17-13(15)12(14)9-7-11(18-4)8(2)6-10(9)16-3/h6-7,12,14H,5H2,1-4H3. The van der Waals surface area contributed by atoms with Crippen molar-refractivity contribution in [3.8, 4) is 5.75 Å². The van der Waals surface area contributed by atoms with Crippen molar-refractivity contribution in [1.82, 2.24) is 0 Å². The molecular weight excluding hydrogens is 252 g/mol. The molecule has 18 heavy (non-hydrogen) atoms. The minimum atomic E-state index is -1.31. The highest BCUT2D eigenvalue weighted by atomic mass is 32.2. The summed E-state index contributed by atoms with van der Waals surface area (Å²) >= 11 is 1.55. The summed E-state index contributed by atoms with van der Waals surface area (Å²) in [6, 6.07) is 3.57. The molecule has 0 aromatic heterocycles. The second-order valence-corrected chi connectivity index (χ2v) is 4.57. The summed E-state index contributed by atoms with van der Waals surface area (Å²) in [5.41, 5.74) is 1.48. The fourth-order valence-electron chi connectivity index (χ4n) is 1.64. The highest BCUT2D eigenvalue weighted by Gasteiger charge is 2.23. The van der Waals surface area contributed by atoms with Gasteiger partial charge in [0.15, 0.2) is 6.10 Å². The molecule has 1 atom stereocenters. The third-order valence-electron chi connectivity index (χ3n) is 2.55. The Morgan fingerprint density at radius 1 is 1.50 bits per heavy atom. The predicted molar refractivity (Wildman–Crippen MR) is 71.1 cm³/mol. The van der Waals surface area contributed by atoms with Crippen LogP contribution in [0.2, 0.25) is 0 Å². The van der Waals surface area contributed by atoms with Gasteiger partial charge in [-0.3, -0.25) is 0 Å². The van der Waals surface area contributed by atoms with Crippen molar-refractivity contribution in [2.24, 2.45) is 0 Å². The van der Waals surface area contributed by atoms with Gasteiger partial charge in [0.25, 0.3) is 0 Å². The number of benzene rings is 1. The summed E-state index contributed by atoms with van der Waals surface area (Å²) in [6.45, 7) is 3.89. The summed E-state index contributed by atoms with van der Waals surface area (Å²) in [5, 5.41) is 9.98. The number of hydrogen-bond acceptors (Lipinski definition) is 5. The molecule has 1 N–H and O–H groups in total. The SMILES string of the molecule is CCOC(=O)C(O)c1cc(SC)c(C)cc1OC. The van der Waals surface area contributed by atoms with E-state index in [1.54, 1.807) is 24.8 Å². The maximum absolute atomic E-state index is 11.6. The first kappa shape index (κ1) is 14.9. The topological polar surface area (TPSA) is 55.8 Å². The van der Waals surface area contributed by atoms with E-state index < -0.39 is 12.1 Å².